The van der Waals surface area contributed by atoms with E-state index in [9.17, 15) is 14.4 Å². The molecule has 0 bridgehead atoms. The predicted octanol–water partition coefficient (Wildman–Crippen LogP) is 5.32. The minimum atomic E-state index is -0.476. The number of nitrogens with one attached hydrogen (secondary N) is 1. The van der Waals surface area contributed by atoms with Crippen LogP contribution in [0.3, 0.4) is 0 Å². The largest absolute Gasteiger partial charge is 0.455 e. The molecule has 2 heterocycles. The molecule has 0 fully saturated rings. The SMILES string of the molecule is CC(=O)c1sc(NC(=O)c2oc3c(c2C)C(=O)CC(C)(C)C3)nc1-c1ccccc1. The molecule has 30 heavy (non-hydrogen) atoms. The van der Waals surface area contributed by atoms with Crippen molar-refractivity contribution < 1.29 is 18.8 Å². The van der Waals surface area contributed by atoms with E-state index in [4.69, 9.17) is 4.42 Å². The van der Waals surface area contributed by atoms with Gasteiger partial charge in [-0.2, -0.15) is 0 Å². The molecule has 1 amide bonds. The van der Waals surface area contributed by atoms with Crippen molar-refractivity contribution >= 4 is 33.9 Å². The Morgan fingerprint density at radius 3 is 2.53 bits per heavy atom. The van der Waals surface area contributed by atoms with Gasteiger partial charge in [-0.3, -0.25) is 19.7 Å². The van der Waals surface area contributed by atoms with Crippen LogP contribution in [0.25, 0.3) is 11.3 Å². The van der Waals surface area contributed by atoms with Gasteiger partial charge in [-0.25, -0.2) is 4.98 Å². The molecule has 1 aliphatic carbocycles. The zero-order chi connectivity index (χ0) is 21.6. The van der Waals surface area contributed by atoms with Crippen LogP contribution in [-0.2, 0) is 6.42 Å². The average Bonchev–Trinajstić information content (AvgIpc) is 3.23. The second kappa shape index (κ2) is 7.32. The molecule has 2 aromatic heterocycles. The normalized spacial score (nSPS) is 15.0. The number of carbonyl (C=O) groups excluding carboxylic acids is 3. The number of carbonyl (C=O) groups is 3. The Labute approximate surface area is 178 Å². The molecule has 0 unspecified atom stereocenters. The number of nitrogens with zero attached hydrogens (tertiary/aromatic N) is 1. The fraction of sp³-hybridized carbons (Fsp3) is 0.304. The topological polar surface area (TPSA) is 89.3 Å². The standard InChI is InChI=1S/C23H22N2O4S/c1-12-17-15(27)10-23(3,4)11-16(17)29-19(12)21(28)25-22-24-18(20(30-22)13(2)26)14-8-6-5-7-9-14/h5-9H,10-11H2,1-4H3,(H,24,25,28). The van der Waals surface area contributed by atoms with Crippen LogP contribution in [0.2, 0.25) is 0 Å². The molecule has 154 valence electrons. The predicted molar refractivity (Wildman–Crippen MR) is 115 cm³/mol. The van der Waals surface area contributed by atoms with E-state index >= 15 is 0 Å². The molecule has 7 heteroatoms. The first-order valence-electron chi connectivity index (χ1n) is 9.70. The van der Waals surface area contributed by atoms with Crippen LogP contribution in [0.4, 0.5) is 5.13 Å². The van der Waals surface area contributed by atoms with E-state index in [0.717, 1.165) is 16.9 Å². The van der Waals surface area contributed by atoms with Gasteiger partial charge in [0.05, 0.1) is 16.1 Å². The molecule has 1 aliphatic rings. The summed E-state index contributed by atoms with van der Waals surface area (Å²) in [6, 6.07) is 9.35. The van der Waals surface area contributed by atoms with Crippen LogP contribution in [0.15, 0.2) is 34.7 Å². The highest BCUT2D eigenvalue weighted by Gasteiger charge is 2.37. The van der Waals surface area contributed by atoms with Crippen molar-refractivity contribution in [1.82, 2.24) is 4.98 Å². The van der Waals surface area contributed by atoms with Crippen molar-refractivity contribution in [3.63, 3.8) is 0 Å². The number of fused-ring (bicyclic) bond motifs is 1. The lowest BCUT2D eigenvalue weighted by atomic mass is 9.76. The summed E-state index contributed by atoms with van der Waals surface area (Å²) in [5, 5.41) is 3.05. The van der Waals surface area contributed by atoms with E-state index in [-0.39, 0.29) is 22.7 Å². The van der Waals surface area contributed by atoms with Crippen LogP contribution in [-0.4, -0.2) is 22.5 Å². The Hall–Kier alpha value is -3.06. The Morgan fingerprint density at radius 2 is 1.87 bits per heavy atom. The van der Waals surface area contributed by atoms with Gasteiger partial charge in [0.2, 0.25) is 0 Å². The number of aromatic nitrogens is 1. The van der Waals surface area contributed by atoms with Crippen molar-refractivity contribution in [2.24, 2.45) is 5.41 Å². The van der Waals surface area contributed by atoms with E-state index in [1.165, 1.54) is 6.92 Å². The van der Waals surface area contributed by atoms with Crippen LogP contribution >= 0.6 is 11.3 Å². The Morgan fingerprint density at radius 1 is 1.17 bits per heavy atom. The van der Waals surface area contributed by atoms with E-state index in [1.54, 1.807) is 6.92 Å². The summed E-state index contributed by atoms with van der Waals surface area (Å²) in [5.41, 5.74) is 2.22. The van der Waals surface area contributed by atoms with Crippen LogP contribution in [0, 0.1) is 12.3 Å². The van der Waals surface area contributed by atoms with Crippen molar-refractivity contribution in [2.75, 3.05) is 5.32 Å². The second-order valence-electron chi connectivity index (χ2n) is 8.37. The summed E-state index contributed by atoms with van der Waals surface area (Å²) in [7, 11) is 0. The van der Waals surface area contributed by atoms with Crippen LogP contribution in [0.5, 0.6) is 0 Å². The first-order valence-corrected chi connectivity index (χ1v) is 10.5. The number of Topliss-reactive ketones (excluding diaryl/α,β-unsaturated/α-hetero) is 2. The van der Waals surface area contributed by atoms with Gasteiger partial charge in [0, 0.05) is 30.9 Å². The third kappa shape index (κ3) is 3.61. The van der Waals surface area contributed by atoms with Crippen LogP contribution < -0.4 is 5.32 Å². The van der Waals surface area contributed by atoms with Gasteiger partial charge in [-0.15, -0.1) is 0 Å². The molecule has 3 aromatic rings. The summed E-state index contributed by atoms with van der Waals surface area (Å²) >= 11 is 1.13. The van der Waals surface area contributed by atoms with Crippen molar-refractivity contribution in [3.05, 3.63) is 57.9 Å². The van der Waals surface area contributed by atoms with Gasteiger partial charge >= 0.3 is 0 Å². The zero-order valence-corrected chi connectivity index (χ0v) is 18.1. The van der Waals surface area contributed by atoms with Gasteiger partial charge < -0.3 is 4.42 Å². The Kier molecular flexibility index (Phi) is 4.94. The summed E-state index contributed by atoms with van der Waals surface area (Å²) in [6.07, 6.45) is 1.03. The highest BCUT2D eigenvalue weighted by atomic mass is 32.1. The fourth-order valence-electron chi connectivity index (χ4n) is 3.86. The van der Waals surface area contributed by atoms with Crippen molar-refractivity contribution in [2.45, 2.75) is 40.5 Å². The minimum Gasteiger partial charge on any atom is -0.455 e. The molecule has 0 spiro atoms. The first-order chi connectivity index (χ1) is 14.2. The fourth-order valence-corrected chi connectivity index (χ4v) is 4.74. The van der Waals surface area contributed by atoms with Crippen LogP contribution in [0.1, 0.15) is 69.1 Å². The zero-order valence-electron chi connectivity index (χ0n) is 17.3. The number of anilines is 1. The number of benzene rings is 1. The van der Waals surface area contributed by atoms with Gasteiger partial charge in [0.15, 0.2) is 22.5 Å². The first kappa shape index (κ1) is 20.2. The number of amides is 1. The highest BCUT2D eigenvalue weighted by Crippen LogP contribution is 2.39. The molecular weight excluding hydrogens is 400 g/mol. The smallest absolute Gasteiger partial charge is 0.293 e. The van der Waals surface area contributed by atoms with E-state index in [0.29, 0.717) is 45.4 Å². The quantitative estimate of drug-likeness (QED) is 0.575. The maximum Gasteiger partial charge on any atom is 0.293 e. The second-order valence-corrected chi connectivity index (χ2v) is 9.37. The molecule has 0 saturated carbocycles. The van der Waals surface area contributed by atoms with E-state index in [1.807, 2.05) is 44.2 Å². The van der Waals surface area contributed by atoms with E-state index in [2.05, 4.69) is 10.3 Å². The third-order valence-corrected chi connectivity index (χ3v) is 6.27. The molecule has 4 rings (SSSR count). The van der Waals surface area contributed by atoms with Gasteiger partial charge in [0.1, 0.15) is 5.76 Å². The molecule has 0 radical (unpaired) electrons. The van der Waals surface area contributed by atoms with E-state index < -0.39 is 5.91 Å². The summed E-state index contributed by atoms with van der Waals surface area (Å²) < 4.78 is 5.82. The number of hydrogen-bond acceptors (Lipinski definition) is 6. The van der Waals surface area contributed by atoms with Gasteiger partial charge in [-0.1, -0.05) is 55.5 Å². The average molecular weight is 423 g/mol. The lowest BCUT2D eigenvalue weighted by Gasteiger charge is -2.27. The minimum absolute atomic E-state index is 0.000952. The molecular formula is C23H22N2O4S. The number of rotatable bonds is 4. The third-order valence-electron chi connectivity index (χ3n) is 5.20. The van der Waals surface area contributed by atoms with Gasteiger partial charge in [-0.05, 0) is 12.3 Å². The number of thiazole rings is 1. The van der Waals surface area contributed by atoms with Crippen molar-refractivity contribution in [1.29, 1.82) is 0 Å². The lowest BCUT2D eigenvalue weighted by molar-refractivity contribution is 0.0898. The monoisotopic (exact) mass is 422 g/mol. The summed E-state index contributed by atoms with van der Waals surface area (Å²) in [6.45, 7) is 7.22. The molecule has 0 atom stereocenters. The number of ketones is 2. The Balaban J connectivity index is 1.66. The summed E-state index contributed by atoms with van der Waals surface area (Å²) in [5.74, 6) is 0.0839. The molecule has 6 nitrogen and oxygen atoms in total. The molecule has 1 aromatic carbocycles. The lowest BCUT2D eigenvalue weighted by Crippen LogP contribution is -2.26. The molecule has 0 aliphatic heterocycles. The van der Waals surface area contributed by atoms with Crippen molar-refractivity contribution in [3.8, 4) is 11.3 Å². The highest BCUT2D eigenvalue weighted by molar-refractivity contribution is 7.18. The molecule has 0 saturated heterocycles. The number of hydrogen-bond donors (Lipinski definition) is 1. The maximum absolute atomic E-state index is 12.9. The Bertz CT molecular complexity index is 1170. The maximum atomic E-state index is 12.9. The number of furan rings is 1. The van der Waals surface area contributed by atoms with Gasteiger partial charge in [0.25, 0.3) is 5.91 Å². The molecule has 1 N–H and O–H groups in total. The summed E-state index contributed by atoms with van der Waals surface area (Å²) in [4.78, 5) is 42.5.